The lowest BCUT2D eigenvalue weighted by atomic mass is 9.95. The average molecular weight is 406 g/mol. The van der Waals surface area contributed by atoms with Crippen molar-refractivity contribution in [2.75, 3.05) is 32.1 Å². The Balaban J connectivity index is 1.52. The number of likely N-dealkylation sites (tertiary alicyclic amines) is 1. The van der Waals surface area contributed by atoms with E-state index >= 15 is 0 Å². The first kappa shape index (κ1) is 19.9. The highest BCUT2D eigenvalue weighted by molar-refractivity contribution is 5.95. The minimum Gasteiger partial charge on any atom is -0.378 e. The van der Waals surface area contributed by atoms with Gasteiger partial charge in [-0.15, -0.1) is 0 Å². The first-order valence-corrected chi connectivity index (χ1v) is 10.2. The maximum absolute atomic E-state index is 13.0. The van der Waals surface area contributed by atoms with Gasteiger partial charge in [-0.3, -0.25) is 4.79 Å². The molecule has 0 unspecified atom stereocenters. The monoisotopic (exact) mass is 405 g/mol. The maximum Gasteiger partial charge on any atom is 0.350 e. The molecule has 156 valence electrons. The highest BCUT2D eigenvalue weighted by Crippen LogP contribution is 2.28. The predicted octanol–water partition coefficient (Wildman–Crippen LogP) is 2.66. The number of amides is 1. The predicted molar refractivity (Wildman–Crippen MR) is 117 cm³/mol. The standard InChI is InChI=1S/C23H27N5O2/c1-25(2)20-11-7-8-18(16-20)22(29)27-14-12-17(13-15-27)21-24-26(3)23(30)28(21)19-9-5-4-6-10-19/h4-11,16-17H,12-15H2,1-3H3. The second-order valence-electron chi connectivity index (χ2n) is 7.95. The molecule has 0 saturated carbocycles. The molecule has 0 N–H and O–H groups in total. The zero-order valence-electron chi connectivity index (χ0n) is 17.7. The number of aromatic nitrogens is 3. The van der Waals surface area contributed by atoms with Crippen molar-refractivity contribution in [3.63, 3.8) is 0 Å². The Morgan fingerprint density at radius 1 is 1.03 bits per heavy atom. The van der Waals surface area contributed by atoms with Crippen LogP contribution in [0.25, 0.3) is 5.69 Å². The first-order chi connectivity index (χ1) is 14.5. The second kappa shape index (κ2) is 8.18. The number of aryl methyl sites for hydroxylation is 1. The largest absolute Gasteiger partial charge is 0.378 e. The summed E-state index contributed by atoms with van der Waals surface area (Å²) in [5, 5.41) is 4.53. The minimum atomic E-state index is -0.143. The molecule has 0 atom stereocenters. The van der Waals surface area contributed by atoms with Crippen LogP contribution in [-0.4, -0.2) is 52.3 Å². The van der Waals surface area contributed by atoms with E-state index in [1.54, 1.807) is 11.6 Å². The molecule has 0 bridgehead atoms. The van der Waals surface area contributed by atoms with Crippen LogP contribution in [0.15, 0.2) is 59.4 Å². The second-order valence-corrected chi connectivity index (χ2v) is 7.95. The van der Waals surface area contributed by atoms with Crippen LogP contribution in [0.3, 0.4) is 0 Å². The maximum atomic E-state index is 13.0. The van der Waals surface area contributed by atoms with E-state index in [-0.39, 0.29) is 17.5 Å². The summed E-state index contributed by atoms with van der Waals surface area (Å²) in [4.78, 5) is 29.6. The van der Waals surface area contributed by atoms with E-state index in [0.717, 1.165) is 30.0 Å². The van der Waals surface area contributed by atoms with Gasteiger partial charge in [-0.25, -0.2) is 14.0 Å². The number of para-hydroxylation sites is 1. The van der Waals surface area contributed by atoms with Crippen molar-refractivity contribution < 1.29 is 4.79 Å². The Hall–Kier alpha value is -3.35. The van der Waals surface area contributed by atoms with Gasteiger partial charge in [0.1, 0.15) is 5.82 Å². The van der Waals surface area contributed by atoms with Gasteiger partial charge in [0.15, 0.2) is 0 Å². The van der Waals surface area contributed by atoms with E-state index in [9.17, 15) is 9.59 Å². The Labute approximate surface area is 176 Å². The molecule has 0 radical (unpaired) electrons. The summed E-state index contributed by atoms with van der Waals surface area (Å²) in [7, 11) is 5.62. The lowest BCUT2D eigenvalue weighted by molar-refractivity contribution is 0.0710. The van der Waals surface area contributed by atoms with E-state index in [4.69, 9.17) is 0 Å². The molecule has 3 aromatic rings. The van der Waals surface area contributed by atoms with Gasteiger partial charge in [0, 0.05) is 51.4 Å². The summed E-state index contributed by atoms with van der Waals surface area (Å²) in [6.45, 7) is 1.30. The molecule has 2 heterocycles. The fourth-order valence-corrected chi connectivity index (χ4v) is 4.01. The molecular weight excluding hydrogens is 378 g/mol. The fraction of sp³-hybridized carbons (Fsp3) is 0.348. The van der Waals surface area contributed by atoms with Crippen LogP contribution in [0.4, 0.5) is 5.69 Å². The Bertz CT molecular complexity index is 1090. The quantitative estimate of drug-likeness (QED) is 0.670. The van der Waals surface area contributed by atoms with Gasteiger partial charge >= 0.3 is 5.69 Å². The Morgan fingerprint density at radius 2 is 1.73 bits per heavy atom. The topological polar surface area (TPSA) is 63.4 Å². The Kier molecular flexibility index (Phi) is 5.44. The summed E-state index contributed by atoms with van der Waals surface area (Å²) in [6.07, 6.45) is 1.56. The number of rotatable bonds is 4. The van der Waals surface area contributed by atoms with Crippen LogP contribution >= 0.6 is 0 Å². The van der Waals surface area contributed by atoms with Gasteiger partial charge in [0.25, 0.3) is 5.91 Å². The molecule has 0 aliphatic carbocycles. The van der Waals surface area contributed by atoms with Crippen molar-refractivity contribution in [2.45, 2.75) is 18.8 Å². The van der Waals surface area contributed by atoms with Crippen LogP contribution in [-0.2, 0) is 7.05 Å². The van der Waals surface area contributed by atoms with E-state index < -0.39 is 0 Å². The van der Waals surface area contributed by atoms with Crippen molar-refractivity contribution >= 4 is 11.6 Å². The number of piperidine rings is 1. The molecule has 1 amide bonds. The third-order valence-electron chi connectivity index (χ3n) is 5.72. The zero-order chi connectivity index (χ0) is 21.3. The van der Waals surface area contributed by atoms with Crippen molar-refractivity contribution in [1.82, 2.24) is 19.2 Å². The van der Waals surface area contributed by atoms with Crippen molar-refractivity contribution in [3.05, 3.63) is 76.5 Å². The average Bonchev–Trinajstić information content (AvgIpc) is 3.08. The van der Waals surface area contributed by atoms with Crippen molar-refractivity contribution in [2.24, 2.45) is 7.05 Å². The molecule has 1 aliphatic rings. The van der Waals surface area contributed by atoms with Crippen LogP contribution in [0.5, 0.6) is 0 Å². The normalized spacial score (nSPS) is 14.7. The first-order valence-electron chi connectivity index (χ1n) is 10.2. The number of carbonyl (C=O) groups is 1. The smallest absolute Gasteiger partial charge is 0.350 e. The van der Waals surface area contributed by atoms with Crippen LogP contribution in [0.2, 0.25) is 0 Å². The molecule has 1 fully saturated rings. The van der Waals surface area contributed by atoms with Crippen molar-refractivity contribution in [1.29, 1.82) is 0 Å². The van der Waals surface area contributed by atoms with E-state index in [0.29, 0.717) is 18.7 Å². The number of carbonyl (C=O) groups excluding carboxylic acids is 1. The molecule has 0 spiro atoms. The number of benzene rings is 2. The molecular formula is C23H27N5O2. The van der Waals surface area contributed by atoms with E-state index in [2.05, 4.69) is 5.10 Å². The van der Waals surface area contributed by atoms with Crippen LogP contribution < -0.4 is 10.6 Å². The molecule has 1 saturated heterocycles. The number of anilines is 1. The molecule has 1 aliphatic heterocycles. The molecule has 7 heteroatoms. The zero-order valence-corrected chi connectivity index (χ0v) is 17.7. The van der Waals surface area contributed by atoms with E-state index in [1.165, 1.54) is 4.68 Å². The van der Waals surface area contributed by atoms with Gasteiger partial charge in [0.05, 0.1) is 5.69 Å². The lowest BCUT2D eigenvalue weighted by Gasteiger charge is -2.32. The summed E-state index contributed by atoms with van der Waals surface area (Å²) < 4.78 is 3.09. The third-order valence-corrected chi connectivity index (χ3v) is 5.72. The molecule has 2 aromatic carbocycles. The van der Waals surface area contributed by atoms with Gasteiger partial charge < -0.3 is 9.80 Å². The summed E-state index contributed by atoms with van der Waals surface area (Å²) >= 11 is 0. The van der Waals surface area contributed by atoms with E-state index in [1.807, 2.05) is 78.5 Å². The summed E-state index contributed by atoms with van der Waals surface area (Å²) in [5.74, 6) is 0.963. The molecule has 1 aromatic heterocycles. The fourth-order valence-electron chi connectivity index (χ4n) is 4.01. The van der Waals surface area contributed by atoms with Crippen LogP contribution in [0.1, 0.15) is 34.9 Å². The van der Waals surface area contributed by atoms with Gasteiger partial charge in [0.2, 0.25) is 0 Å². The van der Waals surface area contributed by atoms with Gasteiger partial charge in [-0.05, 0) is 43.2 Å². The van der Waals surface area contributed by atoms with Gasteiger partial charge in [-0.1, -0.05) is 24.3 Å². The van der Waals surface area contributed by atoms with Gasteiger partial charge in [-0.2, -0.15) is 5.10 Å². The van der Waals surface area contributed by atoms with Crippen LogP contribution in [0, 0.1) is 0 Å². The number of hydrogen-bond acceptors (Lipinski definition) is 4. The summed E-state index contributed by atoms with van der Waals surface area (Å²) in [5.41, 5.74) is 2.40. The number of nitrogens with zero attached hydrogens (tertiary/aromatic N) is 5. The lowest BCUT2D eigenvalue weighted by Crippen LogP contribution is -2.38. The highest BCUT2D eigenvalue weighted by Gasteiger charge is 2.29. The third kappa shape index (κ3) is 3.75. The Morgan fingerprint density at radius 3 is 2.40 bits per heavy atom. The molecule has 4 rings (SSSR count). The minimum absolute atomic E-state index is 0.0543. The highest BCUT2D eigenvalue weighted by atomic mass is 16.2. The number of hydrogen-bond donors (Lipinski definition) is 0. The molecule has 7 nitrogen and oxygen atoms in total. The molecule has 30 heavy (non-hydrogen) atoms. The SMILES string of the molecule is CN(C)c1cccc(C(=O)N2CCC(c3nn(C)c(=O)n3-c3ccccc3)CC2)c1. The summed E-state index contributed by atoms with van der Waals surface area (Å²) in [6, 6.07) is 17.3. The van der Waals surface area contributed by atoms with Crippen molar-refractivity contribution in [3.8, 4) is 5.69 Å².